The number of rotatable bonds is 3. The molecule has 2 heterocycles. The van der Waals surface area contributed by atoms with Gasteiger partial charge in [-0.2, -0.15) is 4.98 Å². The highest BCUT2D eigenvalue weighted by Crippen LogP contribution is 2.47. The van der Waals surface area contributed by atoms with Crippen LogP contribution in [0.25, 0.3) is 11.4 Å². The van der Waals surface area contributed by atoms with E-state index >= 15 is 0 Å². The van der Waals surface area contributed by atoms with Gasteiger partial charge in [0.05, 0.1) is 10.5 Å². The van der Waals surface area contributed by atoms with Crippen LogP contribution in [0, 0.1) is 29.4 Å². The topological polar surface area (TPSA) is 103 Å². The molecule has 0 amide bonds. The Morgan fingerprint density at radius 3 is 2.61 bits per heavy atom. The van der Waals surface area contributed by atoms with E-state index in [9.17, 15) is 14.9 Å². The Morgan fingerprint density at radius 2 is 1.88 bits per heavy atom. The fraction of sp³-hybridized carbons (Fsp3) is 0.320. The summed E-state index contributed by atoms with van der Waals surface area (Å²) >= 11 is 0. The number of nitrogens with zero attached hydrogens (tertiary/aromatic N) is 4. The first-order chi connectivity index (χ1) is 15.6. The second-order valence-corrected chi connectivity index (χ2v) is 9.68. The molecule has 1 atom stereocenters. The molecule has 2 aliphatic rings. The molecule has 0 radical (unpaired) electrons. The third-order valence-electron chi connectivity index (χ3n) is 6.53. The molecule has 168 valence electrons. The minimum absolute atomic E-state index is 0.0224. The predicted molar refractivity (Wildman–Crippen MR) is 125 cm³/mol. The maximum atomic E-state index is 13.3. The number of benzene rings is 2. The van der Waals surface area contributed by atoms with E-state index in [1.54, 1.807) is 22.9 Å². The summed E-state index contributed by atoms with van der Waals surface area (Å²) in [7, 11) is 0. The summed E-state index contributed by atoms with van der Waals surface area (Å²) in [6, 6.07) is 11.9. The molecular formula is C25H25N5O3. The van der Waals surface area contributed by atoms with Crippen molar-refractivity contribution in [3.05, 3.63) is 80.5 Å². The van der Waals surface area contributed by atoms with Crippen LogP contribution >= 0.6 is 0 Å². The van der Waals surface area contributed by atoms with Gasteiger partial charge >= 0.3 is 0 Å². The molecule has 0 saturated heterocycles. The first kappa shape index (κ1) is 21.1. The van der Waals surface area contributed by atoms with E-state index in [0.717, 1.165) is 16.8 Å². The number of nitro groups is 1. The Kier molecular flexibility index (Phi) is 4.70. The van der Waals surface area contributed by atoms with Crippen molar-refractivity contribution in [2.45, 2.75) is 46.6 Å². The molecule has 0 spiro atoms. The number of Topliss-reactive ketones (excluding diaryl/α,β-unsaturated/α-hetero) is 1. The van der Waals surface area contributed by atoms with Gasteiger partial charge in [-0.15, -0.1) is 5.10 Å². The number of fused-ring (bicyclic) bond motifs is 1. The summed E-state index contributed by atoms with van der Waals surface area (Å²) in [5.74, 6) is 0.970. The van der Waals surface area contributed by atoms with E-state index in [1.807, 2.05) is 32.0 Å². The number of carbonyl (C=O) groups excluding carboxylic acids is 1. The van der Waals surface area contributed by atoms with Gasteiger partial charge in [-0.1, -0.05) is 38.1 Å². The summed E-state index contributed by atoms with van der Waals surface area (Å²) in [5.41, 5.74) is 4.63. The standard InChI is InChI=1S/C25H25N5O3/c1-14-9-10-16(11-15(14)2)23-27-24-26-18-12-25(3,4)13-20(31)21(18)22(29(24)28-23)17-7-5-6-8-19(17)30(32)33/h5-11,22H,12-13H2,1-4H3,(H,26,27,28). The molecule has 3 aromatic rings. The summed E-state index contributed by atoms with van der Waals surface area (Å²) in [6.07, 6.45) is 1.02. The smallest absolute Gasteiger partial charge is 0.275 e. The molecule has 33 heavy (non-hydrogen) atoms. The molecule has 1 aliphatic heterocycles. The van der Waals surface area contributed by atoms with Gasteiger partial charge < -0.3 is 5.32 Å². The number of carbonyl (C=O) groups is 1. The molecule has 1 unspecified atom stereocenters. The zero-order valence-electron chi connectivity index (χ0n) is 19.0. The highest BCUT2D eigenvalue weighted by molar-refractivity contribution is 6.00. The summed E-state index contributed by atoms with van der Waals surface area (Å²) < 4.78 is 1.63. The van der Waals surface area contributed by atoms with E-state index in [1.165, 1.54) is 11.6 Å². The van der Waals surface area contributed by atoms with Crippen molar-refractivity contribution >= 4 is 17.4 Å². The number of hydrogen-bond acceptors (Lipinski definition) is 6. The van der Waals surface area contributed by atoms with Crippen LogP contribution in [0.1, 0.15) is 49.4 Å². The number of nitro benzene ring substituents is 1. The fourth-order valence-electron chi connectivity index (χ4n) is 4.78. The number of anilines is 1. The summed E-state index contributed by atoms with van der Waals surface area (Å²) in [4.78, 5) is 29.5. The van der Waals surface area contributed by atoms with Gasteiger partial charge in [0.1, 0.15) is 6.04 Å². The van der Waals surface area contributed by atoms with Crippen LogP contribution in [-0.2, 0) is 4.79 Å². The number of allylic oxidation sites excluding steroid dienone is 2. The van der Waals surface area contributed by atoms with Gasteiger partial charge in [0.2, 0.25) is 5.95 Å². The molecule has 0 bridgehead atoms. The molecular weight excluding hydrogens is 418 g/mol. The Morgan fingerprint density at radius 1 is 1.12 bits per heavy atom. The Labute approximate surface area is 191 Å². The SMILES string of the molecule is Cc1ccc(-c2nc3n(n2)C(c2ccccc2[N+](=O)[O-])C2=C(CC(C)(C)CC2=O)N3)cc1C. The second-order valence-electron chi connectivity index (χ2n) is 9.68. The van der Waals surface area contributed by atoms with Gasteiger partial charge in [0.15, 0.2) is 11.6 Å². The molecule has 2 aromatic carbocycles. The zero-order valence-corrected chi connectivity index (χ0v) is 19.0. The Hall–Kier alpha value is -3.81. The maximum absolute atomic E-state index is 13.3. The molecule has 1 aromatic heterocycles. The van der Waals surface area contributed by atoms with Crippen LogP contribution in [0.15, 0.2) is 53.7 Å². The van der Waals surface area contributed by atoms with Crippen molar-refractivity contribution < 1.29 is 9.72 Å². The zero-order chi connectivity index (χ0) is 23.5. The fourth-order valence-corrected chi connectivity index (χ4v) is 4.78. The van der Waals surface area contributed by atoms with Crippen LogP contribution < -0.4 is 5.32 Å². The predicted octanol–water partition coefficient (Wildman–Crippen LogP) is 5.13. The number of aromatic nitrogens is 3. The van der Waals surface area contributed by atoms with Crippen LogP contribution in [-0.4, -0.2) is 25.5 Å². The lowest BCUT2D eigenvalue weighted by Gasteiger charge is -2.38. The first-order valence-corrected chi connectivity index (χ1v) is 11.0. The lowest BCUT2D eigenvalue weighted by atomic mass is 9.73. The van der Waals surface area contributed by atoms with Crippen molar-refractivity contribution in [3.63, 3.8) is 0 Å². The van der Waals surface area contributed by atoms with Crippen molar-refractivity contribution in [2.75, 3.05) is 5.32 Å². The molecule has 8 nitrogen and oxygen atoms in total. The second kappa shape index (κ2) is 7.37. The average molecular weight is 444 g/mol. The minimum atomic E-state index is -0.714. The summed E-state index contributed by atoms with van der Waals surface area (Å²) in [5, 5.41) is 19.9. The van der Waals surface area contributed by atoms with Gasteiger partial charge in [0.25, 0.3) is 5.69 Å². The highest BCUT2D eigenvalue weighted by atomic mass is 16.6. The van der Waals surface area contributed by atoms with Gasteiger partial charge in [-0.3, -0.25) is 14.9 Å². The van der Waals surface area contributed by atoms with E-state index in [4.69, 9.17) is 10.1 Å². The van der Waals surface area contributed by atoms with Crippen LogP contribution in [0.2, 0.25) is 0 Å². The molecule has 1 aliphatic carbocycles. The normalized spacial score (nSPS) is 19.0. The van der Waals surface area contributed by atoms with Crippen LogP contribution in [0.4, 0.5) is 11.6 Å². The largest absolute Gasteiger partial charge is 0.328 e. The monoisotopic (exact) mass is 443 g/mol. The third kappa shape index (κ3) is 3.51. The summed E-state index contributed by atoms with van der Waals surface area (Å²) in [6.45, 7) is 8.18. The van der Waals surface area contributed by atoms with Crippen molar-refractivity contribution in [1.82, 2.24) is 14.8 Å². The molecule has 5 rings (SSSR count). The lowest BCUT2D eigenvalue weighted by molar-refractivity contribution is -0.385. The van der Waals surface area contributed by atoms with Crippen molar-refractivity contribution in [3.8, 4) is 11.4 Å². The maximum Gasteiger partial charge on any atom is 0.275 e. The van der Waals surface area contributed by atoms with Crippen LogP contribution in [0.5, 0.6) is 0 Å². The van der Waals surface area contributed by atoms with Gasteiger partial charge in [0, 0.05) is 29.3 Å². The number of para-hydroxylation sites is 1. The Balaban J connectivity index is 1.73. The van der Waals surface area contributed by atoms with Gasteiger partial charge in [-0.05, 0) is 48.9 Å². The van der Waals surface area contributed by atoms with E-state index in [-0.39, 0.29) is 16.9 Å². The molecule has 0 saturated carbocycles. The Bertz CT molecular complexity index is 1350. The third-order valence-corrected chi connectivity index (χ3v) is 6.53. The molecule has 8 heteroatoms. The highest BCUT2D eigenvalue weighted by Gasteiger charge is 2.43. The van der Waals surface area contributed by atoms with Crippen molar-refractivity contribution in [2.24, 2.45) is 5.41 Å². The number of hydrogen-bond donors (Lipinski definition) is 1. The van der Waals surface area contributed by atoms with E-state index < -0.39 is 11.0 Å². The van der Waals surface area contributed by atoms with E-state index in [2.05, 4.69) is 19.2 Å². The minimum Gasteiger partial charge on any atom is -0.328 e. The number of aryl methyl sites for hydroxylation is 2. The average Bonchev–Trinajstić information content (AvgIpc) is 3.17. The number of nitrogens with one attached hydrogen (secondary N) is 1. The molecule has 1 N–H and O–H groups in total. The molecule has 0 fully saturated rings. The van der Waals surface area contributed by atoms with Crippen molar-refractivity contribution in [1.29, 1.82) is 0 Å². The van der Waals surface area contributed by atoms with Gasteiger partial charge in [-0.25, -0.2) is 4.68 Å². The van der Waals surface area contributed by atoms with E-state index in [0.29, 0.717) is 35.8 Å². The first-order valence-electron chi connectivity index (χ1n) is 11.0. The lowest BCUT2D eigenvalue weighted by Crippen LogP contribution is -2.36. The van der Waals surface area contributed by atoms with Crippen LogP contribution in [0.3, 0.4) is 0 Å². The quantitative estimate of drug-likeness (QED) is 0.445. The number of ketones is 1.